The standard InChI is InChI=1S/C20H23NO3/c1-14-8-6-7-11-17(14)15(2)12-19(22)21-18(20(23)24)13-16-9-4-3-5-10-16/h3-11,15,18H,12-13H2,1-2H3,(H,21,22)(H,23,24)/t15?,18-/m0/s1. The molecular formula is C20H23NO3. The van der Waals surface area contributed by atoms with Gasteiger partial charge in [-0.3, -0.25) is 4.79 Å². The first-order valence-electron chi connectivity index (χ1n) is 8.09. The van der Waals surface area contributed by atoms with Gasteiger partial charge in [-0.25, -0.2) is 4.79 Å². The number of hydrogen-bond acceptors (Lipinski definition) is 2. The van der Waals surface area contributed by atoms with Gasteiger partial charge in [-0.1, -0.05) is 61.5 Å². The van der Waals surface area contributed by atoms with Crippen molar-refractivity contribution in [1.29, 1.82) is 0 Å². The highest BCUT2D eigenvalue weighted by atomic mass is 16.4. The number of aryl methyl sites for hydroxylation is 1. The molecule has 4 nitrogen and oxygen atoms in total. The van der Waals surface area contributed by atoms with Crippen molar-refractivity contribution >= 4 is 11.9 Å². The summed E-state index contributed by atoms with van der Waals surface area (Å²) in [4.78, 5) is 23.7. The number of carboxylic acids is 1. The average Bonchev–Trinajstić information content (AvgIpc) is 2.55. The Morgan fingerprint density at radius 3 is 2.29 bits per heavy atom. The average molecular weight is 325 g/mol. The van der Waals surface area contributed by atoms with E-state index < -0.39 is 12.0 Å². The summed E-state index contributed by atoms with van der Waals surface area (Å²) in [6, 6.07) is 16.3. The molecule has 2 N–H and O–H groups in total. The molecule has 0 fully saturated rings. The highest BCUT2D eigenvalue weighted by molar-refractivity contribution is 5.84. The molecule has 0 aliphatic heterocycles. The van der Waals surface area contributed by atoms with Gasteiger partial charge in [-0.15, -0.1) is 0 Å². The fourth-order valence-electron chi connectivity index (χ4n) is 2.83. The van der Waals surface area contributed by atoms with Gasteiger partial charge in [-0.2, -0.15) is 0 Å². The van der Waals surface area contributed by atoms with Crippen LogP contribution in [0.15, 0.2) is 54.6 Å². The second-order valence-electron chi connectivity index (χ2n) is 6.11. The number of nitrogens with one attached hydrogen (secondary N) is 1. The van der Waals surface area contributed by atoms with Gasteiger partial charge in [0.05, 0.1) is 0 Å². The lowest BCUT2D eigenvalue weighted by Gasteiger charge is -2.18. The number of benzene rings is 2. The first kappa shape index (κ1) is 17.7. The molecule has 0 aliphatic carbocycles. The van der Waals surface area contributed by atoms with Crippen LogP contribution in [0.25, 0.3) is 0 Å². The molecule has 0 aliphatic rings. The van der Waals surface area contributed by atoms with E-state index in [1.807, 2.05) is 68.4 Å². The molecule has 0 saturated heterocycles. The molecule has 2 aromatic rings. The lowest BCUT2D eigenvalue weighted by Crippen LogP contribution is -2.42. The third-order valence-electron chi connectivity index (χ3n) is 4.13. The third-order valence-corrected chi connectivity index (χ3v) is 4.13. The zero-order valence-corrected chi connectivity index (χ0v) is 14.0. The van der Waals surface area contributed by atoms with Crippen LogP contribution in [0.1, 0.15) is 36.0 Å². The van der Waals surface area contributed by atoms with E-state index >= 15 is 0 Å². The number of carbonyl (C=O) groups excluding carboxylic acids is 1. The molecule has 0 radical (unpaired) electrons. The maximum absolute atomic E-state index is 12.3. The lowest BCUT2D eigenvalue weighted by molar-refractivity contribution is -0.141. The summed E-state index contributed by atoms with van der Waals surface area (Å²) in [5, 5.41) is 12.0. The van der Waals surface area contributed by atoms with Gasteiger partial charge in [-0.05, 0) is 29.5 Å². The van der Waals surface area contributed by atoms with Gasteiger partial charge in [0, 0.05) is 12.8 Å². The summed E-state index contributed by atoms with van der Waals surface area (Å²) >= 11 is 0. The van der Waals surface area contributed by atoms with E-state index in [2.05, 4.69) is 5.32 Å². The van der Waals surface area contributed by atoms with Crippen LogP contribution in [-0.2, 0) is 16.0 Å². The Balaban J connectivity index is 1.98. The highest BCUT2D eigenvalue weighted by Crippen LogP contribution is 2.22. The summed E-state index contributed by atoms with van der Waals surface area (Å²) in [5.41, 5.74) is 3.14. The monoisotopic (exact) mass is 325 g/mol. The van der Waals surface area contributed by atoms with Crippen molar-refractivity contribution in [3.8, 4) is 0 Å². The smallest absolute Gasteiger partial charge is 0.326 e. The Kier molecular flexibility index (Phi) is 6.13. The first-order chi connectivity index (χ1) is 11.5. The van der Waals surface area contributed by atoms with Crippen LogP contribution in [0, 0.1) is 6.92 Å². The van der Waals surface area contributed by atoms with Crippen molar-refractivity contribution in [2.45, 2.75) is 38.6 Å². The summed E-state index contributed by atoms with van der Waals surface area (Å²) in [7, 11) is 0. The van der Waals surface area contributed by atoms with Crippen molar-refractivity contribution in [2.24, 2.45) is 0 Å². The Bertz CT molecular complexity index is 697. The Hall–Kier alpha value is -2.62. The summed E-state index contributed by atoms with van der Waals surface area (Å²) in [6.45, 7) is 3.99. The van der Waals surface area contributed by atoms with E-state index in [1.165, 1.54) is 0 Å². The number of rotatable bonds is 7. The molecule has 2 rings (SSSR count). The molecule has 0 aromatic heterocycles. The predicted molar refractivity (Wildman–Crippen MR) is 93.9 cm³/mol. The second kappa shape index (κ2) is 8.29. The molecule has 0 saturated carbocycles. The van der Waals surface area contributed by atoms with Crippen LogP contribution < -0.4 is 5.32 Å². The van der Waals surface area contributed by atoms with Crippen LogP contribution >= 0.6 is 0 Å². The van der Waals surface area contributed by atoms with Gasteiger partial charge in [0.2, 0.25) is 5.91 Å². The number of carbonyl (C=O) groups is 2. The maximum Gasteiger partial charge on any atom is 0.326 e. The Morgan fingerprint density at radius 2 is 1.67 bits per heavy atom. The quantitative estimate of drug-likeness (QED) is 0.821. The number of amides is 1. The first-order valence-corrected chi connectivity index (χ1v) is 8.09. The molecule has 2 atom stereocenters. The van der Waals surface area contributed by atoms with Crippen LogP contribution in [-0.4, -0.2) is 23.0 Å². The van der Waals surface area contributed by atoms with E-state index in [0.29, 0.717) is 0 Å². The molecule has 1 unspecified atom stereocenters. The lowest BCUT2D eigenvalue weighted by atomic mass is 9.93. The summed E-state index contributed by atoms with van der Waals surface area (Å²) in [6.07, 6.45) is 0.546. The van der Waals surface area contributed by atoms with Gasteiger partial charge in [0.25, 0.3) is 0 Å². The molecule has 0 spiro atoms. The maximum atomic E-state index is 12.3. The second-order valence-corrected chi connectivity index (χ2v) is 6.11. The van der Waals surface area contributed by atoms with Crippen molar-refractivity contribution in [1.82, 2.24) is 5.32 Å². The van der Waals surface area contributed by atoms with Gasteiger partial charge >= 0.3 is 5.97 Å². The number of carboxylic acid groups (broad SMARTS) is 1. The van der Waals surface area contributed by atoms with Crippen molar-refractivity contribution in [3.05, 3.63) is 71.3 Å². The van der Waals surface area contributed by atoms with E-state index in [-0.39, 0.29) is 24.7 Å². The number of aliphatic carboxylic acids is 1. The Morgan fingerprint density at radius 1 is 1.04 bits per heavy atom. The van der Waals surface area contributed by atoms with E-state index in [9.17, 15) is 14.7 Å². The molecular weight excluding hydrogens is 302 g/mol. The summed E-state index contributed by atoms with van der Waals surface area (Å²) in [5.74, 6) is -1.22. The van der Waals surface area contributed by atoms with Gasteiger partial charge < -0.3 is 10.4 Å². The number of hydrogen-bond donors (Lipinski definition) is 2. The fourth-order valence-corrected chi connectivity index (χ4v) is 2.83. The summed E-state index contributed by atoms with van der Waals surface area (Å²) < 4.78 is 0. The molecule has 1 amide bonds. The zero-order chi connectivity index (χ0) is 17.5. The largest absolute Gasteiger partial charge is 0.480 e. The van der Waals surface area contributed by atoms with E-state index in [0.717, 1.165) is 16.7 Å². The van der Waals surface area contributed by atoms with Crippen molar-refractivity contribution in [3.63, 3.8) is 0 Å². The van der Waals surface area contributed by atoms with Gasteiger partial charge in [0.15, 0.2) is 0 Å². The zero-order valence-electron chi connectivity index (χ0n) is 14.0. The normalized spacial score (nSPS) is 13.1. The Labute approximate surface area is 142 Å². The molecule has 24 heavy (non-hydrogen) atoms. The third kappa shape index (κ3) is 4.95. The van der Waals surface area contributed by atoms with E-state index in [1.54, 1.807) is 0 Å². The molecule has 126 valence electrons. The van der Waals surface area contributed by atoms with Crippen molar-refractivity contribution < 1.29 is 14.7 Å². The van der Waals surface area contributed by atoms with Crippen LogP contribution in [0.5, 0.6) is 0 Å². The minimum Gasteiger partial charge on any atom is -0.480 e. The van der Waals surface area contributed by atoms with Gasteiger partial charge in [0.1, 0.15) is 6.04 Å². The molecule has 0 bridgehead atoms. The van der Waals surface area contributed by atoms with Crippen LogP contribution in [0.3, 0.4) is 0 Å². The fraction of sp³-hybridized carbons (Fsp3) is 0.300. The minimum atomic E-state index is -1.02. The molecule has 4 heteroatoms. The SMILES string of the molecule is Cc1ccccc1C(C)CC(=O)N[C@@H](Cc1ccccc1)C(=O)O. The molecule has 0 heterocycles. The van der Waals surface area contributed by atoms with E-state index in [4.69, 9.17) is 0 Å². The van der Waals surface area contributed by atoms with Crippen LogP contribution in [0.4, 0.5) is 0 Å². The molecule has 2 aromatic carbocycles. The minimum absolute atomic E-state index is 0.0392. The highest BCUT2D eigenvalue weighted by Gasteiger charge is 2.22. The predicted octanol–water partition coefficient (Wildman–Crippen LogP) is 3.30. The topological polar surface area (TPSA) is 66.4 Å². The van der Waals surface area contributed by atoms with Crippen molar-refractivity contribution in [2.75, 3.05) is 0 Å². The van der Waals surface area contributed by atoms with Crippen LogP contribution in [0.2, 0.25) is 0 Å².